The van der Waals surface area contributed by atoms with Crippen molar-refractivity contribution in [2.75, 3.05) is 43.9 Å². The molecule has 0 spiro atoms. The van der Waals surface area contributed by atoms with Crippen molar-refractivity contribution in [3.63, 3.8) is 0 Å². The fourth-order valence-electron chi connectivity index (χ4n) is 3.55. The molecule has 1 saturated heterocycles. The molecule has 0 bridgehead atoms. The normalized spacial score (nSPS) is 14.9. The van der Waals surface area contributed by atoms with Crippen LogP contribution in [-0.4, -0.2) is 63.3 Å². The molecule has 0 radical (unpaired) electrons. The SMILES string of the molecule is CCS(=O)(=O)c1ccccc1C(=O)N1CCN(c2nc3c(OC)cccc3s2)CC1. The maximum atomic E-state index is 13.1. The molecule has 1 aromatic heterocycles. The van der Waals surface area contributed by atoms with Gasteiger partial charge in [-0.05, 0) is 24.3 Å². The molecule has 0 aliphatic carbocycles. The third kappa shape index (κ3) is 3.75. The van der Waals surface area contributed by atoms with Gasteiger partial charge in [0.25, 0.3) is 5.91 Å². The van der Waals surface area contributed by atoms with Crippen molar-refractivity contribution in [2.45, 2.75) is 11.8 Å². The number of sulfone groups is 1. The molecule has 0 unspecified atom stereocenters. The van der Waals surface area contributed by atoms with E-state index in [1.807, 2.05) is 18.2 Å². The number of fused-ring (bicyclic) bond motifs is 1. The van der Waals surface area contributed by atoms with E-state index in [1.54, 1.807) is 48.5 Å². The lowest BCUT2D eigenvalue weighted by Crippen LogP contribution is -2.49. The minimum Gasteiger partial charge on any atom is -0.494 e. The van der Waals surface area contributed by atoms with Crippen LogP contribution < -0.4 is 9.64 Å². The van der Waals surface area contributed by atoms with Crippen molar-refractivity contribution < 1.29 is 17.9 Å². The minimum absolute atomic E-state index is 0.0356. The molecular weight excluding hydrogens is 422 g/mol. The first-order valence-electron chi connectivity index (χ1n) is 9.74. The lowest BCUT2D eigenvalue weighted by molar-refractivity contribution is 0.0743. The number of amides is 1. The molecule has 3 aromatic rings. The number of methoxy groups -OCH3 is 1. The summed E-state index contributed by atoms with van der Waals surface area (Å²) >= 11 is 1.60. The molecule has 4 rings (SSSR count). The lowest BCUT2D eigenvalue weighted by atomic mass is 10.2. The van der Waals surface area contributed by atoms with Gasteiger partial charge in [-0.1, -0.05) is 36.5 Å². The van der Waals surface area contributed by atoms with Gasteiger partial charge >= 0.3 is 0 Å². The summed E-state index contributed by atoms with van der Waals surface area (Å²) < 4.78 is 31.2. The van der Waals surface area contributed by atoms with Crippen LogP contribution in [0.25, 0.3) is 10.2 Å². The highest BCUT2D eigenvalue weighted by atomic mass is 32.2. The van der Waals surface area contributed by atoms with Gasteiger partial charge in [0.1, 0.15) is 11.3 Å². The van der Waals surface area contributed by atoms with Crippen molar-refractivity contribution >= 4 is 42.4 Å². The molecule has 0 saturated carbocycles. The van der Waals surface area contributed by atoms with E-state index >= 15 is 0 Å². The van der Waals surface area contributed by atoms with E-state index < -0.39 is 9.84 Å². The Morgan fingerprint density at radius 1 is 1.10 bits per heavy atom. The first-order chi connectivity index (χ1) is 14.4. The zero-order valence-corrected chi connectivity index (χ0v) is 18.5. The van der Waals surface area contributed by atoms with Crippen molar-refractivity contribution in [1.29, 1.82) is 0 Å². The average molecular weight is 446 g/mol. The van der Waals surface area contributed by atoms with Gasteiger partial charge in [0, 0.05) is 26.2 Å². The van der Waals surface area contributed by atoms with E-state index in [0.717, 1.165) is 21.1 Å². The van der Waals surface area contributed by atoms with Gasteiger partial charge in [-0.25, -0.2) is 13.4 Å². The number of thiazole rings is 1. The topological polar surface area (TPSA) is 79.8 Å². The van der Waals surface area contributed by atoms with Crippen molar-refractivity contribution in [1.82, 2.24) is 9.88 Å². The van der Waals surface area contributed by atoms with Crippen LogP contribution in [0, 0.1) is 0 Å². The average Bonchev–Trinajstić information content (AvgIpc) is 3.23. The fraction of sp³-hybridized carbons (Fsp3) is 0.333. The Labute approximate surface area is 179 Å². The number of nitrogens with zero attached hydrogens (tertiary/aromatic N) is 3. The van der Waals surface area contributed by atoms with Crippen LogP contribution in [-0.2, 0) is 9.84 Å². The predicted octanol–water partition coefficient (Wildman–Crippen LogP) is 3.06. The Hall–Kier alpha value is -2.65. The first kappa shape index (κ1) is 20.6. The molecular formula is C21H23N3O4S2. The number of carbonyl (C=O) groups excluding carboxylic acids is 1. The molecule has 1 amide bonds. The Bertz CT molecular complexity index is 1180. The van der Waals surface area contributed by atoms with Crippen molar-refractivity contribution in [2.24, 2.45) is 0 Å². The van der Waals surface area contributed by atoms with Crippen LogP contribution in [0.3, 0.4) is 0 Å². The Balaban J connectivity index is 1.51. The summed E-state index contributed by atoms with van der Waals surface area (Å²) in [4.78, 5) is 21.8. The summed E-state index contributed by atoms with van der Waals surface area (Å²) in [5.74, 6) is 0.470. The van der Waals surface area contributed by atoms with Gasteiger partial charge in [0.05, 0.1) is 28.0 Å². The highest BCUT2D eigenvalue weighted by Gasteiger charge is 2.28. The number of piperazine rings is 1. The highest BCUT2D eigenvalue weighted by Crippen LogP contribution is 2.34. The molecule has 1 aliphatic rings. The predicted molar refractivity (Wildman–Crippen MR) is 118 cm³/mol. The summed E-state index contributed by atoms with van der Waals surface area (Å²) in [6.45, 7) is 3.87. The van der Waals surface area contributed by atoms with Crippen molar-refractivity contribution in [3.8, 4) is 5.75 Å². The summed E-state index contributed by atoms with van der Waals surface area (Å²) in [5.41, 5.74) is 1.09. The van der Waals surface area contributed by atoms with Gasteiger partial charge in [-0.15, -0.1) is 0 Å². The monoisotopic (exact) mass is 445 g/mol. The van der Waals surface area contributed by atoms with Crippen LogP contribution in [0.2, 0.25) is 0 Å². The van der Waals surface area contributed by atoms with E-state index in [2.05, 4.69) is 4.90 Å². The van der Waals surface area contributed by atoms with Crippen molar-refractivity contribution in [3.05, 3.63) is 48.0 Å². The second kappa shape index (κ2) is 8.23. The Morgan fingerprint density at radius 3 is 2.53 bits per heavy atom. The number of para-hydroxylation sites is 1. The van der Waals surface area contributed by atoms with E-state index in [1.165, 1.54) is 6.07 Å². The highest BCUT2D eigenvalue weighted by molar-refractivity contribution is 7.91. The molecule has 7 nitrogen and oxygen atoms in total. The molecule has 2 aromatic carbocycles. The molecule has 30 heavy (non-hydrogen) atoms. The fourth-order valence-corrected chi connectivity index (χ4v) is 5.67. The molecule has 9 heteroatoms. The largest absolute Gasteiger partial charge is 0.494 e. The van der Waals surface area contributed by atoms with E-state index in [4.69, 9.17) is 9.72 Å². The molecule has 1 fully saturated rings. The van der Waals surface area contributed by atoms with Gasteiger partial charge in [-0.2, -0.15) is 0 Å². The number of rotatable bonds is 5. The van der Waals surface area contributed by atoms with Gasteiger partial charge < -0.3 is 14.5 Å². The van der Waals surface area contributed by atoms with Crippen LogP contribution in [0.15, 0.2) is 47.4 Å². The number of carbonyl (C=O) groups is 1. The smallest absolute Gasteiger partial charge is 0.255 e. The maximum Gasteiger partial charge on any atom is 0.255 e. The maximum absolute atomic E-state index is 13.1. The van der Waals surface area contributed by atoms with Crippen LogP contribution >= 0.6 is 11.3 Å². The number of hydrogen-bond acceptors (Lipinski definition) is 7. The summed E-state index contributed by atoms with van der Waals surface area (Å²) in [5, 5.41) is 0.899. The van der Waals surface area contributed by atoms with Gasteiger partial charge in [-0.3, -0.25) is 4.79 Å². The summed E-state index contributed by atoms with van der Waals surface area (Å²) in [6, 6.07) is 12.3. The number of ether oxygens (including phenoxy) is 1. The molecule has 0 N–H and O–H groups in total. The molecule has 1 aliphatic heterocycles. The molecule has 2 heterocycles. The van der Waals surface area contributed by atoms with Crippen LogP contribution in [0.1, 0.15) is 17.3 Å². The molecule has 0 atom stereocenters. The number of anilines is 1. The third-order valence-electron chi connectivity index (χ3n) is 5.26. The van der Waals surface area contributed by atoms with Crippen LogP contribution in [0.5, 0.6) is 5.75 Å². The summed E-state index contributed by atoms with van der Waals surface area (Å²) in [7, 11) is -1.83. The van der Waals surface area contributed by atoms with Gasteiger partial charge in [0.15, 0.2) is 15.0 Å². The second-order valence-electron chi connectivity index (χ2n) is 6.98. The number of benzene rings is 2. The number of hydrogen-bond donors (Lipinski definition) is 0. The third-order valence-corrected chi connectivity index (χ3v) is 8.13. The number of aromatic nitrogens is 1. The van der Waals surface area contributed by atoms with Crippen LogP contribution in [0.4, 0.5) is 5.13 Å². The Morgan fingerprint density at radius 2 is 1.83 bits per heavy atom. The first-order valence-corrected chi connectivity index (χ1v) is 12.2. The minimum atomic E-state index is -3.47. The van der Waals surface area contributed by atoms with E-state index in [0.29, 0.717) is 26.2 Å². The second-order valence-corrected chi connectivity index (χ2v) is 10.2. The molecule has 158 valence electrons. The zero-order valence-electron chi connectivity index (χ0n) is 16.9. The quantitative estimate of drug-likeness (QED) is 0.601. The zero-order chi connectivity index (χ0) is 21.3. The standard InChI is InChI=1S/C21H23N3O4S2/c1-3-30(26,27)18-10-5-4-7-15(18)20(25)23-11-13-24(14-12-23)21-22-19-16(28-2)8-6-9-17(19)29-21/h4-10H,3,11-14H2,1-2H3. The van der Waals surface area contributed by atoms with Gasteiger partial charge in [0.2, 0.25) is 0 Å². The van der Waals surface area contributed by atoms with E-state index in [9.17, 15) is 13.2 Å². The van der Waals surface area contributed by atoms with E-state index in [-0.39, 0.29) is 22.1 Å². The lowest BCUT2D eigenvalue weighted by Gasteiger charge is -2.34. The Kier molecular flexibility index (Phi) is 5.66. The summed E-state index contributed by atoms with van der Waals surface area (Å²) in [6.07, 6.45) is 0.